The molecule has 8 nitrogen and oxygen atoms in total. The van der Waals surface area contributed by atoms with Crippen molar-refractivity contribution in [1.29, 1.82) is 0 Å². The summed E-state index contributed by atoms with van der Waals surface area (Å²) in [6, 6.07) is 0.313. The maximum absolute atomic E-state index is 11.8. The average molecular weight is 363 g/mol. The van der Waals surface area contributed by atoms with E-state index in [2.05, 4.69) is 31.4 Å². The van der Waals surface area contributed by atoms with Crippen LogP contribution in [0.5, 0.6) is 0 Å². The number of anilines is 1. The van der Waals surface area contributed by atoms with Crippen molar-refractivity contribution < 1.29 is 4.79 Å². The summed E-state index contributed by atoms with van der Waals surface area (Å²) < 4.78 is 0. The molecule has 3 aromatic heterocycles. The Morgan fingerprint density at radius 3 is 2.74 bits per heavy atom. The van der Waals surface area contributed by atoms with Crippen LogP contribution >= 0.6 is 0 Å². The van der Waals surface area contributed by atoms with E-state index in [0.29, 0.717) is 6.04 Å². The number of rotatable bonds is 4. The minimum atomic E-state index is -0.000594. The second kappa shape index (κ2) is 7.14. The molecular formula is C19H21N7O. The van der Waals surface area contributed by atoms with Gasteiger partial charge in [-0.05, 0) is 18.9 Å². The topological polar surface area (TPSA) is 90.9 Å². The van der Waals surface area contributed by atoms with Gasteiger partial charge in [-0.25, -0.2) is 19.9 Å². The summed E-state index contributed by atoms with van der Waals surface area (Å²) in [5.41, 5.74) is 3.36. The third-order valence-corrected chi connectivity index (χ3v) is 5.10. The van der Waals surface area contributed by atoms with Crippen molar-refractivity contribution in [3.8, 4) is 11.1 Å². The Hall–Kier alpha value is -3.29. The Morgan fingerprint density at radius 1 is 1.30 bits per heavy atom. The zero-order valence-corrected chi connectivity index (χ0v) is 15.2. The van der Waals surface area contributed by atoms with Crippen LogP contribution < -0.4 is 4.90 Å². The molecule has 3 aromatic rings. The van der Waals surface area contributed by atoms with Crippen LogP contribution in [-0.4, -0.2) is 61.9 Å². The highest BCUT2D eigenvalue weighted by Crippen LogP contribution is 2.28. The van der Waals surface area contributed by atoms with Gasteiger partial charge in [0.1, 0.15) is 17.7 Å². The fourth-order valence-corrected chi connectivity index (χ4v) is 3.50. The van der Waals surface area contributed by atoms with E-state index < -0.39 is 0 Å². The smallest absolute Gasteiger partial charge is 0.245 e. The van der Waals surface area contributed by atoms with Crippen LogP contribution in [0.1, 0.15) is 12.8 Å². The van der Waals surface area contributed by atoms with Crippen LogP contribution in [0, 0.1) is 0 Å². The van der Waals surface area contributed by atoms with E-state index in [1.165, 1.54) is 12.4 Å². The van der Waals surface area contributed by atoms with E-state index in [-0.39, 0.29) is 5.91 Å². The molecule has 0 atom stereocenters. The molecule has 1 fully saturated rings. The van der Waals surface area contributed by atoms with E-state index in [0.717, 1.165) is 54.0 Å². The monoisotopic (exact) mass is 363 g/mol. The van der Waals surface area contributed by atoms with Gasteiger partial charge in [-0.3, -0.25) is 4.79 Å². The minimum Gasteiger partial charge on any atom is -0.355 e. The molecule has 1 aliphatic rings. The summed E-state index contributed by atoms with van der Waals surface area (Å²) in [5.74, 6) is 0.813. The number of H-pyrrole nitrogens is 1. The van der Waals surface area contributed by atoms with E-state index in [4.69, 9.17) is 4.98 Å². The van der Waals surface area contributed by atoms with Crippen LogP contribution in [-0.2, 0) is 4.79 Å². The molecule has 8 heteroatoms. The van der Waals surface area contributed by atoms with Crippen LogP contribution in [0.3, 0.4) is 0 Å². The van der Waals surface area contributed by atoms with Crippen molar-refractivity contribution in [2.45, 2.75) is 18.9 Å². The first-order valence-corrected chi connectivity index (χ1v) is 8.91. The highest BCUT2D eigenvalue weighted by molar-refractivity contribution is 5.90. The first kappa shape index (κ1) is 17.1. The number of carbonyl (C=O) groups excluding carboxylic acids is 1. The van der Waals surface area contributed by atoms with Crippen molar-refractivity contribution >= 4 is 22.9 Å². The van der Waals surface area contributed by atoms with Gasteiger partial charge < -0.3 is 14.8 Å². The Labute approximate surface area is 157 Å². The third-order valence-electron chi connectivity index (χ3n) is 5.10. The highest BCUT2D eigenvalue weighted by Gasteiger charge is 2.25. The first-order chi connectivity index (χ1) is 13.2. The van der Waals surface area contributed by atoms with Gasteiger partial charge in [0.05, 0.1) is 6.20 Å². The maximum atomic E-state index is 11.8. The second-order valence-corrected chi connectivity index (χ2v) is 6.63. The number of likely N-dealkylation sites (tertiary alicyclic amines) is 1. The SMILES string of the molecule is C=CC(=O)N1CCC(N(C)c2cnc3[nH]cc(-c4cncnc4)c3n2)CC1. The summed E-state index contributed by atoms with van der Waals surface area (Å²) in [4.78, 5) is 36.4. The number of aromatic amines is 1. The number of nitrogens with zero attached hydrogens (tertiary/aromatic N) is 6. The summed E-state index contributed by atoms with van der Waals surface area (Å²) in [5, 5.41) is 0. The number of aromatic nitrogens is 5. The zero-order chi connectivity index (χ0) is 18.8. The van der Waals surface area contributed by atoms with Crippen molar-refractivity contribution in [2.75, 3.05) is 25.0 Å². The summed E-state index contributed by atoms with van der Waals surface area (Å²) >= 11 is 0. The molecular weight excluding hydrogens is 342 g/mol. The summed E-state index contributed by atoms with van der Waals surface area (Å²) in [6.45, 7) is 5.02. The zero-order valence-electron chi connectivity index (χ0n) is 15.2. The quantitative estimate of drug-likeness (QED) is 0.713. The average Bonchev–Trinajstić information content (AvgIpc) is 3.16. The second-order valence-electron chi connectivity index (χ2n) is 6.63. The molecule has 0 unspecified atom stereocenters. The lowest BCUT2D eigenvalue weighted by Gasteiger charge is -2.36. The van der Waals surface area contributed by atoms with Crippen molar-refractivity contribution in [3.05, 3.63) is 43.8 Å². The molecule has 1 amide bonds. The lowest BCUT2D eigenvalue weighted by molar-refractivity contribution is -0.126. The van der Waals surface area contributed by atoms with E-state index >= 15 is 0 Å². The minimum absolute atomic E-state index is 0.000594. The van der Waals surface area contributed by atoms with E-state index in [1.54, 1.807) is 18.6 Å². The number of nitrogens with one attached hydrogen (secondary N) is 1. The Balaban J connectivity index is 1.57. The fraction of sp³-hybridized carbons (Fsp3) is 0.316. The standard InChI is InChI=1S/C19H21N7O/c1-3-17(27)26-6-4-14(5-7-26)25(2)16-11-23-19-18(24-16)15(10-22-19)13-8-20-12-21-9-13/h3,8-12,14H,1,4-7H2,2H3,(H,22,23). The van der Waals surface area contributed by atoms with Gasteiger partial charge in [-0.15, -0.1) is 0 Å². The van der Waals surface area contributed by atoms with Gasteiger partial charge in [0, 0.05) is 55.9 Å². The van der Waals surface area contributed by atoms with Gasteiger partial charge in [0.2, 0.25) is 5.91 Å². The molecule has 27 heavy (non-hydrogen) atoms. The van der Waals surface area contributed by atoms with E-state index in [9.17, 15) is 4.79 Å². The van der Waals surface area contributed by atoms with Crippen LogP contribution in [0.15, 0.2) is 43.8 Å². The predicted molar refractivity (Wildman–Crippen MR) is 103 cm³/mol. The highest BCUT2D eigenvalue weighted by atomic mass is 16.2. The largest absolute Gasteiger partial charge is 0.355 e. The van der Waals surface area contributed by atoms with Gasteiger partial charge >= 0.3 is 0 Å². The predicted octanol–water partition coefficient (Wildman–Crippen LogP) is 2.03. The fourth-order valence-electron chi connectivity index (χ4n) is 3.50. The molecule has 0 spiro atoms. The van der Waals surface area contributed by atoms with Gasteiger partial charge in [0.15, 0.2) is 5.65 Å². The maximum Gasteiger partial charge on any atom is 0.245 e. The number of hydrogen-bond acceptors (Lipinski definition) is 6. The van der Waals surface area contributed by atoms with Crippen LogP contribution in [0.2, 0.25) is 0 Å². The Bertz CT molecular complexity index is 961. The molecule has 4 heterocycles. The molecule has 4 rings (SSSR count). The number of carbonyl (C=O) groups is 1. The Kier molecular flexibility index (Phi) is 4.53. The van der Waals surface area contributed by atoms with Gasteiger partial charge in [-0.2, -0.15) is 0 Å². The number of piperidine rings is 1. The normalized spacial score (nSPS) is 15.1. The number of amides is 1. The molecule has 1 aliphatic heterocycles. The molecule has 0 aromatic carbocycles. The first-order valence-electron chi connectivity index (χ1n) is 8.91. The molecule has 0 bridgehead atoms. The lowest BCUT2D eigenvalue weighted by atomic mass is 10.0. The molecule has 0 radical (unpaired) electrons. The molecule has 1 N–H and O–H groups in total. The third kappa shape index (κ3) is 3.25. The molecule has 0 aliphatic carbocycles. The summed E-state index contributed by atoms with van der Waals surface area (Å²) in [7, 11) is 2.03. The molecule has 1 saturated heterocycles. The van der Waals surface area contributed by atoms with Crippen molar-refractivity contribution in [2.24, 2.45) is 0 Å². The summed E-state index contributed by atoms with van der Waals surface area (Å²) in [6.07, 6.45) is 11.9. The van der Waals surface area contributed by atoms with Crippen molar-refractivity contribution in [3.63, 3.8) is 0 Å². The van der Waals surface area contributed by atoms with Crippen LogP contribution in [0.4, 0.5) is 5.82 Å². The molecule has 138 valence electrons. The Morgan fingerprint density at radius 2 is 2.04 bits per heavy atom. The number of fused-ring (bicyclic) bond motifs is 1. The van der Waals surface area contributed by atoms with Crippen LogP contribution in [0.25, 0.3) is 22.3 Å². The van der Waals surface area contributed by atoms with Crippen molar-refractivity contribution in [1.82, 2.24) is 29.8 Å². The van der Waals surface area contributed by atoms with Gasteiger partial charge in [0.25, 0.3) is 0 Å². The number of hydrogen-bond donors (Lipinski definition) is 1. The van der Waals surface area contributed by atoms with E-state index in [1.807, 2.05) is 18.1 Å². The van der Waals surface area contributed by atoms with Gasteiger partial charge in [-0.1, -0.05) is 6.58 Å². The lowest BCUT2D eigenvalue weighted by Crippen LogP contribution is -2.45. The molecule has 0 saturated carbocycles.